The number of nitrogens with zero attached hydrogens (tertiary/aromatic N) is 2. The fraction of sp³-hybridized carbons (Fsp3) is 0.375. The fourth-order valence-corrected chi connectivity index (χ4v) is 2.71. The van der Waals surface area contributed by atoms with E-state index in [0.29, 0.717) is 30.5 Å². The first kappa shape index (κ1) is 15.8. The van der Waals surface area contributed by atoms with Gasteiger partial charge in [0.25, 0.3) is 5.91 Å². The Morgan fingerprint density at radius 3 is 3.09 bits per heavy atom. The summed E-state index contributed by atoms with van der Waals surface area (Å²) in [5.41, 5.74) is 0.949. The maximum atomic E-state index is 12.5. The van der Waals surface area contributed by atoms with Crippen molar-refractivity contribution in [2.24, 2.45) is 0 Å². The summed E-state index contributed by atoms with van der Waals surface area (Å²) in [5.74, 6) is 1.11. The molecular formula is C16H18ClN3O3. The van der Waals surface area contributed by atoms with Crippen LogP contribution in [0.4, 0.5) is 0 Å². The van der Waals surface area contributed by atoms with Crippen molar-refractivity contribution < 1.29 is 14.3 Å². The Morgan fingerprint density at radius 1 is 1.52 bits per heavy atom. The van der Waals surface area contributed by atoms with Gasteiger partial charge in [0.2, 0.25) is 0 Å². The van der Waals surface area contributed by atoms with Gasteiger partial charge in [-0.25, -0.2) is 4.98 Å². The highest BCUT2D eigenvalue weighted by Crippen LogP contribution is 2.25. The van der Waals surface area contributed by atoms with Crippen LogP contribution in [0.1, 0.15) is 17.6 Å². The molecule has 0 unspecified atom stereocenters. The van der Waals surface area contributed by atoms with E-state index >= 15 is 0 Å². The maximum absolute atomic E-state index is 12.5. The van der Waals surface area contributed by atoms with Crippen molar-refractivity contribution >= 4 is 17.5 Å². The number of hydrogen-bond donors (Lipinski definition) is 1. The number of halogens is 1. The molecule has 1 aromatic heterocycles. The number of para-hydroxylation sites is 1. The third-order valence-corrected chi connectivity index (χ3v) is 3.99. The molecule has 1 aromatic carbocycles. The van der Waals surface area contributed by atoms with Crippen LogP contribution in [0.15, 0.2) is 30.5 Å². The predicted octanol–water partition coefficient (Wildman–Crippen LogP) is 2.35. The largest absolute Gasteiger partial charge is 0.482 e. The van der Waals surface area contributed by atoms with Crippen molar-refractivity contribution in [3.05, 3.63) is 47.0 Å². The van der Waals surface area contributed by atoms with Crippen molar-refractivity contribution in [1.29, 1.82) is 0 Å². The molecule has 1 atom stereocenters. The van der Waals surface area contributed by atoms with Gasteiger partial charge in [-0.1, -0.05) is 23.7 Å². The molecule has 1 aliphatic heterocycles. The van der Waals surface area contributed by atoms with E-state index in [2.05, 4.69) is 9.97 Å². The molecule has 0 radical (unpaired) electrons. The second kappa shape index (κ2) is 7.02. The number of aromatic nitrogens is 2. The number of ether oxygens (including phenoxy) is 2. The Bertz CT molecular complexity index is 689. The van der Waals surface area contributed by atoms with E-state index in [0.717, 1.165) is 11.5 Å². The van der Waals surface area contributed by atoms with Crippen molar-refractivity contribution in [1.82, 2.24) is 14.9 Å². The molecule has 0 aliphatic carbocycles. The van der Waals surface area contributed by atoms with Crippen LogP contribution >= 0.6 is 11.6 Å². The van der Waals surface area contributed by atoms with Gasteiger partial charge >= 0.3 is 0 Å². The number of nitrogens with one attached hydrogen (secondary N) is 1. The van der Waals surface area contributed by atoms with Crippen LogP contribution in [-0.2, 0) is 9.53 Å². The number of benzene rings is 1. The molecule has 1 N–H and O–H groups in total. The minimum Gasteiger partial charge on any atom is -0.482 e. The van der Waals surface area contributed by atoms with Crippen LogP contribution < -0.4 is 4.74 Å². The molecule has 6 nitrogen and oxygen atoms in total. The lowest BCUT2D eigenvalue weighted by molar-refractivity contribution is -0.142. The first-order chi connectivity index (χ1) is 11.1. The number of hydrogen-bond acceptors (Lipinski definition) is 4. The Labute approximate surface area is 139 Å². The Balaban J connectivity index is 1.68. The molecule has 122 valence electrons. The summed E-state index contributed by atoms with van der Waals surface area (Å²) in [6.45, 7) is 3.29. The van der Waals surface area contributed by atoms with Crippen LogP contribution in [0.25, 0.3) is 0 Å². The van der Waals surface area contributed by atoms with Crippen LogP contribution in [0.2, 0.25) is 5.02 Å². The topological polar surface area (TPSA) is 67.4 Å². The van der Waals surface area contributed by atoms with Crippen molar-refractivity contribution in [3.8, 4) is 5.75 Å². The second-order valence-electron chi connectivity index (χ2n) is 5.35. The molecule has 0 saturated carbocycles. The number of aryl methyl sites for hydroxylation is 1. The van der Waals surface area contributed by atoms with E-state index in [4.69, 9.17) is 21.1 Å². The first-order valence-electron chi connectivity index (χ1n) is 7.41. The SMILES string of the molecule is Cc1cnc([C@@H]2COCCN2C(=O)COc2ccccc2Cl)[nH]1. The van der Waals surface area contributed by atoms with E-state index in [1.54, 1.807) is 23.2 Å². The molecule has 0 spiro atoms. The van der Waals surface area contributed by atoms with E-state index in [1.807, 2.05) is 19.1 Å². The summed E-state index contributed by atoms with van der Waals surface area (Å²) < 4.78 is 11.0. The summed E-state index contributed by atoms with van der Waals surface area (Å²) in [6, 6.07) is 6.87. The minimum absolute atomic E-state index is 0.0695. The van der Waals surface area contributed by atoms with Gasteiger partial charge in [-0.05, 0) is 19.1 Å². The molecule has 2 heterocycles. The van der Waals surface area contributed by atoms with Gasteiger partial charge in [-0.3, -0.25) is 4.79 Å². The molecule has 1 saturated heterocycles. The number of rotatable bonds is 4. The van der Waals surface area contributed by atoms with E-state index in [1.165, 1.54) is 0 Å². The number of H-pyrrole nitrogens is 1. The smallest absolute Gasteiger partial charge is 0.261 e. The van der Waals surface area contributed by atoms with Crippen molar-refractivity contribution in [2.45, 2.75) is 13.0 Å². The maximum Gasteiger partial charge on any atom is 0.261 e. The Hall–Kier alpha value is -2.05. The molecular weight excluding hydrogens is 318 g/mol. The number of carbonyl (C=O) groups is 1. The molecule has 1 fully saturated rings. The zero-order valence-electron chi connectivity index (χ0n) is 12.8. The summed E-state index contributed by atoms with van der Waals surface area (Å²) in [7, 11) is 0. The van der Waals surface area contributed by atoms with Gasteiger partial charge in [-0.2, -0.15) is 0 Å². The number of carbonyl (C=O) groups excluding carboxylic acids is 1. The minimum atomic E-state index is -0.222. The molecule has 7 heteroatoms. The van der Waals surface area contributed by atoms with Gasteiger partial charge in [0.05, 0.1) is 18.2 Å². The number of imidazole rings is 1. The predicted molar refractivity (Wildman–Crippen MR) is 85.5 cm³/mol. The third kappa shape index (κ3) is 3.65. The summed E-state index contributed by atoms with van der Waals surface area (Å²) in [4.78, 5) is 21.7. The summed E-state index contributed by atoms with van der Waals surface area (Å²) in [6.07, 6.45) is 1.74. The zero-order chi connectivity index (χ0) is 16.2. The van der Waals surface area contributed by atoms with Crippen molar-refractivity contribution in [2.75, 3.05) is 26.4 Å². The Morgan fingerprint density at radius 2 is 2.35 bits per heavy atom. The molecule has 0 bridgehead atoms. The van der Waals surface area contributed by atoms with Gasteiger partial charge < -0.3 is 19.4 Å². The quantitative estimate of drug-likeness (QED) is 0.931. The van der Waals surface area contributed by atoms with Gasteiger partial charge in [0.1, 0.15) is 17.6 Å². The van der Waals surface area contributed by atoms with Crippen LogP contribution in [0.5, 0.6) is 5.75 Å². The average Bonchev–Trinajstić information content (AvgIpc) is 3.00. The molecule has 1 aliphatic rings. The van der Waals surface area contributed by atoms with Crippen LogP contribution in [-0.4, -0.2) is 47.1 Å². The summed E-state index contributed by atoms with van der Waals surface area (Å²) in [5, 5.41) is 0.487. The molecule has 2 aromatic rings. The monoisotopic (exact) mass is 335 g/mol. The lowest BCUT2D eigenvalue weighted by Crippen LogP contribution is -2.45. The van der Waals surface area contributed by atoms with Crippen molar-refractivity contribution in [3.63, 3.8) is 0 Å². The number of aromatic amines is 1. The zero-order valence-corrected chi connectivity index (χ0v) is 13.5. The molecule has 3 rings (SSSR count). The second-order valence-corrected chi connectivity index (χ2v) is 5.76. The first-order valence-corrected chi connectivity index (χ1v) is 7.79. The lowest BCUT2D eigenvalue weighted by Gasteiger charge is -2.34. The number of morpholine rings is 1. The highest BCUT2D eigenvalue weighted by Gasteiger charge is 2.30. The van der Waals surface area contributed by atoms with Gasteiger partial charge in [-0.15, -0.1) is 0 Å². The highest BCUT2D eigenvalue weighted by molar-refractivity contribution is 6.32. The number of amides is 1. The fourth-order valence-electron chi connectivity index (χ4n) is 2.52. The van der Waals surface area contributed by atoms with Gasteiger partial charge in [0.15, 0.2) is 6.61 Å². The van der Waals surface area contributed by atoms with Crippen LogP contribution in [0.3, 0.4) is 0 Å². The molecule has 23 heavy (non-hydrogen) atoms. The van der Waals surface area contributed by atoms with E-state index < -0.39 is 0 Å². The summed E-state index contributed by atoms with van der Waals surface area (Å²) >= 11 is 6.04. The lowest BCUT2D eigenvalue weighted by atomic mass is 10.2. The van der Waals surface area contributed by atoms with Gasteiger partial charge in [0, 0.05) is 18.4 Å². The third-order valence-electron chi connectivity index (χ3n) is 3.67. The van der Waals surface area contributed by atoms with Crippen LogP contribution in [0, 0.1) is 6.92 Å². The average molecular weight is 336 g/mol. The normalized spacial score (nSPS) is 18.0. The van der Waals surface area contributed by atoms with E-state index in [9.17, 15) is 4.79 Å². The molecule has 1 amide bonds. The van der Waals surface area contributed by atoms with E-state index in [-0.39, 0.29) is 18.6 Å². The highest BCUT2D eigenvalue weighted by atomic mass is 35.5. The standard InChI is InChI=1S/C16H18ClN3O3/c1-11-8-18-16(19-11)13-9-22-7-6-20(13)15(21)10-23-14-5-3-2-4-12(14)17/h2-5,8,13H,6-7,9-10H2,1H3,(H,18,19)/t13-/m0/s1. The Kier molecular flexibility index (Phi) is 4.83.